The molecular weight excluding hydrogens is 342 g/mol. The highest BCUT2D eigenvalue weighted by molar-refractivity contribution is 7.18. The maximum atomic E-state index is 12.4. The summed E-state index contributed by atoms with van der Waals surface area (Å²) in [6.45, 7) is 4.78. The molecule has 0 bridgehead atoms. The Morgan fingerprint density at radius 3 is 2.88 bits per heavy atom. The molecule has 1 amide bonds. The third-order valence-corrected chi connectivity index (χ3v) is 5.86. The number of aromatic nitrogens is 2. The lowest BCUT2D eigenvalue weighted by molar-refractivity contribution is 0.0953. The number of hydrogen-bond donors (Lipinski definition) is 2. The third kappa shape index (κ3) is 3.22. The highest BCUT2D eigenvalue weighted by Crippen LogP contribution is 2.23. The predicted octanol–water partition coefficient (Wildman–Crippen LogP) is 4.76. The van der Waals surface area contributed by atoms with Crippen molar-refractivity contribution in [3.05, 3.63) is 64.3 Å². The zero-order valence-corrected chi connectivity index (χ0v) is 15.7. The molecule has 5 heteroatoms. The van der Waals surface area contributed by atoms with Gasteiger partial charge in [-0.3, -0.25) is 4.79 Å². The lowest BCUT2D eigenvalue weighted by Gasteiger charge is -2.05. The maximum absolute atomic E-state index is 12.4. The van der Waals surface area contributed by atoms with Crippen LogP contribution >= 0.6 is 11.3 Å². The number of aryl methyl sites for hydroxylation is 3. The van der Waals surface area contributed by atoms with E-state index in [2.05, 4.69) is 35.2 Å². The number of fused-ring (bicyclic) bond motifs is 2. The van der Waals surface area contributed by atoms with Crippen molar-refractivity contribution in [2.75, 3.05) is 6.54 Å². The van der Waals surface area contributed by atoms with Gasteiger partial charge in [0.1, 0.15) is 0 Å². The van der Waals surface area contributed by atoms with Gasteiger partial charge < -0.3 is 10.3 Å². The third-order valence-electron chi connectivity index (χ3n) is 4.76. The lowest BCUT2D eigenvalue weighted by Crippen LogP contribution is -2.24. The molecule has 0 aliphatic carbocycles. The van der Waals surface area contributed by atoms with E-state index in [1.54, 1.807) is 11.3 Å². The molecule has 0 aliphatic heterocycles. The van der Waals surface area contributed by atoms with Crippen LogP contribution in [0.5, 0.6) is 0 Å². The summed E-state index contributed by atoms with van der Waals surface area (Å²) < 4.78 is 1.22. The Labute approximate surface area is 156 Å². The van der Waals surface area contributed by atoms with Crippen molar-refractivity contribution in [3.8, 4) is 0 Å². The number of nitrogens with zero attached hydrogens (tertiary/aromatic N) is 1. The molecule has 26 heavy (non-hydrogen) atoms. The van der Waals surface area contributed by atoms with Crippen LogP contribution in [0.3, 0.4) is 0 Å². The molecule has 0 unspecified atom stereocenters. The van der Waals surface area contributed by atoms with Crippen molar-refractivity contribution < 1.29 is 4.79 Å². The van der Waals surface area contributed by atoms with Gasteiger partial charge in [-0.2, -0.15) is 0 Å². The van der Waals surface area contributed by atoms with Crippen LogP contribution in [0.15, 0.2) is 42.5 Å². The summed E-state index contributed by atoms with van der Waals surface area (Å²) in [5.74, 6) is -0.0190. The molecule has 0 saturated heterocycles. The van der Waals surface area contributed by atoms with Crippen molar-refractivity contribution in [2.45, 2.75) is 26.7 Å². The van der Waals surface area contributed by atoms with Gasteiger partial charge in [0.2, 0.25) is 0 Å². The quantitative estimate of drug-likeness (QED) is 0.502. The van der Waals surface area contributed by atoms with Crippen molar-refractivity contribution in [1.29, 1.82) is 0 Å². The molecule has 0 atom stereocenters. The smallest absolute Gasteiger partial charge is 0.251 e. The van der Waals surface area contributed by atoms with E-state index in [-0.39, 0.29) is 5.91 Å². The van der Waals surface area contributed by atoms with Gasteiger partial charge in [0, 0.05) is 35.1 Å². The number of carbonyl (C=O) groups excluding carboxylic acids is 1. The van der Waals surface area contributed by atoms with Gasteiger partial charge in [-0.05, 0) is 56.2 Å². The standard InChI is InChI=1S/C21H21N3OS/c1-13-14(2)23-17-10-9-15(12-16(13)17)21(25)22-11-5-8-20-24-18-6-3-4-7-19(18)26-20/h3-4,6-7,9-10,12,23H,5,8,11H2,1-2H3,(H,22,25). The normalized spacial score (nSPS) is 11.3. The minimum absolute atomic E-state index is 0.0190. The van der Waals surface area contributed by atoms with E-state index < -0.39 is 0 Å². The molecule has 2 aromatic carbocycles. The summed E-state index contributed by atoms with van der Waals surface area (Å²) in [4.78, 5) is 20.4. The highest BCUT2D eigenvalue weighted by atomic mass is 32.1. The fourth-order valence-electron chi connectivity index (χ4n) is 3.17. The molecule has 0 saturated carbocycles. The first-order valence-corrected chi connectivity index (χ1v) is 9.65. The zero-order chi connectivity index (χ0) is 18.1. The summed E-state index contributed by atoms with van der Waals surface area (Å²) >= 11 is 1.73. The summed E-state index contributed by atoms with van der Waals surface area (Å²) in [5, 5.41) is 5.26. The van der Waals surface area contributed by atoms with Crippen LogP contribution in [0, 0.1) is 13.8 Å². The minimum atomic E-state index is -0.0190. The largest absolute Gasteiger partial charge is 0.358 e. The number of H-pyrrole nitrogens is 1. The number of nitrogens with one attached hydrogen (secondary N) is 2. The van der Waals surface area contributed by atoms with E-state index in [0.717, 1.165) is 40.0 Å². The summed E-state index contributed by atoms with van der Waals surface area (Å²) in [6.07, 6.45) is 1.77. The second-order valence-corrected chi connectivity index (χ2v) is 7.69. The average molecular weight is 363 g/mol. The van der Waals surface area contributed by atoms with Gasteiger partial charge in [-0.1, -0.05) is 12.1 Å². The Balaban J connectivity index is 1.35. The topological polar surface area (TPSA) is 57.8 Å². The number of amides is 1. The van der Waals surface area contributed by atoms with Gasteiger partial charge in [-0.25, -0.2) is 4.98 Å². The van der Waals surface area contributed by atoms with E-state index in [1.165, 1.54) is 10.3 Å². The summed E-state index contributed by atoms with van der Waals surface area (Å²) in [5.41, 5.74) is 5.19. The number of para-hydroxylation sites is 1. The fraction of sp³-hybridized carbons (Fsp3) is 0.238. The molecule has 132 valence electrons. The van der Waals surface area contributed by atoms with Crippen LogP contribution in [-0.4, -0.2) is 22.4 Å². The number of aromatic amines is 1. The Morgan fingerprint density at radius 1 is 1.19 bits per heavy atom. The molecule has 4 aromatic rings. The molecule has 0 spiro atoms. The van der Waals surface area contributed by atoms with Gasteiger partial charge in [0.05, 0.1) is 15.2 Å². The number of benzene rings is 2. The van der Waals surface area contributed by atoms with Gasteiger partial charge in [0.15, 0.2) is 0 Å². The number of rotatable bonds is 5. The van der Waals surface area contributed by atoms with Crippen molar-refractivity contribution in [3.63, 3.8) is 0 Å². The van der Waals surface area contributed by atoms with Crippen molar-refractivity contribution in [1.82, 2.24) is 15.3 Å². The molecular formula is C21H21N3OS. The molecule has 2 heterocycles. The zero-order valence-electron chi connectivity index (χ0n) is 14.9. The molecule has 2 N–H and O–H groups in total. The molecule has 4 rings (SSSR count). The first-order chi connectivity index (χ1) is 12.6. The Kier molecular flexibility index (Phi) is 4.47. The summed E-state index contributed by atoms with van der Waals surface area (Å²) in [6, 6.07) is 14.0. The summed E-state index contributed by atoms with van der Waals surface area (Å²) in [7, 11) is 0. The van der Waals surface area contributed by atoms with Gasteiger partial charge >= 0.3 is 0 Å². The van der Waals surface area contributed by atoms with Crippen LogP contribution in [0.2, 0.25) is 0 Å². The van der Waals surface area contributed by atoms with E-state index >= 15 is 0 Å². The SMILES string of the molecule is Cc1[nH]c2ccc(C(=O)NCCCc3nc4ccccc4s3)cc2c1C. The average Bonchev–Trinajstić information content (AvgIpc) is 3.19. The van der Waals surface area contributed by atoms with E-state index in [0.29, 0.717) is 12.1 Å². The minimum Gasteiger partial charge on any atom is -0.358 e. The van der Waals surface area contributed by atoms with Gasteiger partial charge in [0.25, 0.3) is 5.91 Å². The molecule has 0 fully saturated rings. The van der Waals surface area contributed by atoms with Crippen LogP contribution < -0.4 is 5.32 Å². The van der Waals surface area contributed by atoms with E-state index in [1.807, 2.05) is 36.4 Å². The van der Waals surface area contributed by atoms with Crippen LogP contribution in [0.25, 0.3) is 21.1 Å². The van der Waals surface area contributed by atoms with Crippen LogP contribution in [0.4, 0.5) is 0 Å². The first kappa shape index (κ1) is 16.8. The van der Waals surface area contributed by atoms with Crippen LogP contribution in [-0.2, 0) is 6.42 Å². The number of carbonyl (C=O) groups is 1. The fourth-order valence-corrected chi connectivity index (χ4v) is 4.18. The van der Waals surface area contributed by atoms with E-state index in [4.69, 9.17) is 0 Å². The monoisotopic (exact) mass is 363 g/mol. The van der Waals surface area contributed by atoms with Crippen molar-refractivity contribution in [2.24, 2.45) is 0 Å². The van der Waals surface area contributed by atoms with Crippen molar-refractivity contribution >= 4 is 38.4 Å². The van der Waals surface area contributed by atoms with Crippen LogP contribution in [0.1, 0.15) is 33.0 Å². The maximum Gasteiger partial charge on any atom is 0.251 e. The molecule has 4 nitrogen and oxygen atoms in total. The second kappa shape index (κ2) is 6.92. The number of hydrogen-bond acceptors (Lipinski definition) is 3. The number of thiazole rings is 1. The second-order valence-electron chi connectivity index (χ2n) is 6.57. The Hall–Kier alpha value is -2.66. The molecule has 2 aromatic heterocycles. The predicted molar refractivity (Wildman–Crippen MR) is 108 cm³/mol. The lowest BCUT2D eigenvalue weighted by atomic mass is 10.1. The Bertz CT molecular complexity index is 1060. The van der Waals surface area contributed by atoms with Gasteiger partial charge in [-0.15, -0.1) is 11.3 Å². The first-order valence-electron chi connectivity index (χ1n) is 8.83. The molecule has 0 radical (unpaired) electrons. The highest BCUT2D eigenvalue weighted by Gasteiger charge is 2.10. The van der Waals surface area contributed by atoms with E-state index in [9.17, 15) is 4.79 Å². The molecule has 0 aliphatic rings. The Morgan fingerprint density at radius 2 is 2.04 bits per heavy atom.